The van der Waals surface area contributed by atoms with E-state index in [-0.39, 0.29) is 12.5 Å². The van der Waals surface area contributed by atoms with E-state index in [2.05, 4.69) is 10.5 Å². The van der Waals surface area contributed by atoms with Gasteiger partial charge in [0.2, 0.25) is 5.91 Å². The third-order valence-corrected chi connectivity index (χ3v) is 2.22. The fourth-order valence-corrected chi connectivity index (χ4v) is 1.32. The largest absolute Gasteiger partial charge is 0.396 e. The van der Waals surface area contributed by atoms with Gasteiger partial charge in [-0.05, 0) is 24.6 Å². The van der Waals surface area contributed by atoms with Gasteiger partial charge in [0.05, 0.1) is 5.71 Å². The summed E-state index contributed by atoms with van der Waals surface area (Å²) in [5.41, 5.74) is 2.43. The highest BCUT2D eigenvalue weighted by atomic mass is 16.6. The summed E-state index contributed by atoms with van der Waals surface area (Å²) in [6.45, 7) is 3.81. The number of amides is 1. The van der Waals surface area contributed by atoms with E-state index in [0.29, 0.717) is 13.0 Å². The van der Waals surface area contributed by atoms with Crippen molar-refractivity contribution in [3.8, 4) is 0 Å². The Labute approximate surface area is 106 Å². The van der Waals surface area contributed by atoms with E-state index in [1.54, 1.807) is 0 Å². The first kappa shape index (κ1) is 14.2. The molecule has 0 aliphatic rings. The molecule has 0 aliphatic carbocycles. The van der Waals surface area contributed by atoms with Crippen molar-refractivity contribution in [3.05, 3.63) is 29.8 Å². The van der Waals surface area contributed by atoms with Gasteiger partial charge < -0.3 is 15.3 Å². The minimum atomic E-state index is -0.0968. The second-order valence-electron chi connectivity index (χ2n) is 3.85. The van der Waals surface area contributed by atoms with Gasteiger partial charge >= 0.3 is 0 Å². The fraction of sp³-hybridized carbons (Fsp3) is 0.385. The molecule has 0 heterocycles. The Hall–Kier alpha value is -1.88. The topological polar surface area (TPSA) is 70.9 Å². The maximum Gasteiger partial charge on any atom is 0.221 e. The quantitative estimate of drug-likeness (QED) is 0.459. The first-order valence-electron chi connectivity index (χ1n) is 5.79. The van der Waals surface area contributed by atoms with Crippen molar-refractivity contribution in [2.45, 2.75) is 20.3 Å². The van der Waals surface area contributed by atoms with Gasteiger partial charge in [-0.3, -0.25) is 4.79 Å². The van der Waals surface area contributed by atoms with Crippen LogP contribution in [0.4, 0.5) is 5.69 Å². The normalized spacial score (nSPS) is 11.2. The Balaban J connectivity index is 2.58. The molecule has 1 amide bonds. The number of aliphatic hydroxyl groups is 1. The second kappa shape index (κ2) is 7.45. The molecule has 1 aromatic carbocycles. The standard InChI is InChI=1S/C13H18N2O3/c1-10(15-18-9-3-8-16)12-4-6-13(7-5-12)14-11(2)17/h4-7,16H,3,8-9H2,1-2H3,(H,14,17)/b15-10+. The summed E-state index contributed by atoms with van der Waals surface area (Å²) in [5.74, 6) is -0.0968. The van der Waals surface area contributed by atoms with Gasteiger partial charge in [-0.2, -0.15) is 0 Å². The molecule has 18 heavy (non-hydrogen) atoms. The van der Waals surface area contributed by atoms with Gasteiger partial charge in [0.1, 0.15) is 6.61 Å². The highest BCUT2D eigenvalue weighted by molar-refractivity contribution is 5.99. The summed E-state index contributed by atoms with van der Waals surface area (Å²) in [5, 5.41) is 15.2. The van der Waals surface area contributed by atoms with Crippen molar-refractivity contribution in [1.82, 2.24) is 0 Å². The zero-order valence-corrected chi connectivity index (χ0v) is 10.6. The smallest absolute Gasteiger partial charge is 0.221 e. The minimum absolute atomic E-state index is 0.0968. The number of rotatable bonds is 6. The summed E-state index contributed by atoms with van der Waals surface area (Å²) in [6.07, 6.45) is 0.568. The Bertz CT molecular complexity index is 413. The summed E-state index contributed by atoms with van der Waals surface area (Å²) in [4.78, 5) is 15.9. The number of carbonyl (C=O) groups is 1. The number of anilines is 1. The molecule has 5 heteroatoms. The third kappa shape index (κ3) is 4.97. The molecule has 0 spiro atoms. The molecule has 0 unspecified atom stereocenters. The van der Waals surface area contributed by atoms with Crippen LogP contribution in [0.15, 0.2) is 29.4 Å². The van der Waals surface area contributed by atoms with Gasteiger partial charge in [-0.15, -0.1) is 0 Å². The van der Waals surface area contributed by atoms with E-state index in [9.17, 15) is 4.79 Å². The third-order valence-electron chi connectivity index (χ3n) is 2.22. The van der Waals surface area contributed by atoms with Crippen molar-refractivity contribution < 1.29 is 14.7 Å². The van der Waals surface area contributed by atoms with Crippen LogP contribution in [0.5, 0.6) is 0 Å². The number of benzene rings is 1. The molecule has 0 aliphatic heterocycles. The van der Waals surface area contributed by atoms with Crippen LogP contribution in [0, 0.1) is 0 Å². The predicted octanol–water partition coefficient (Wildman–Crippen LogP) is 1.77. The molecule has 0 aromatic heterocycles. The highest BCUT2D eigenvalue weighted by Gasteiger charge is 1.99. The molecule has 0 bridgehead atoms. The van der Waals surface area contributed by atoms with Gasteiger partial charge in [0, 0.05) is 25.6 Å². The molecule has 1 rings (SSSR count). The number of aliphatic hydroxyl groups excluding tert-OH is 1. The van der Waals surface area contributed by atoms with E-state index in [4.69, 9.17) is 9.94 Å². The zero-order valence-electron chi connectivity index (χ0n) is 10.6. The van der Waals surface area contributed by atoms with Crippen LogP contribution in [-0.2, 0) is 9.63 Å². The summed E-state index contributed by atoms with van der Waals surface area (Å²) < 4.78 is 0. The molecule has 1 aromatic rings. The van der Waals surface area contributed by atoms with Crippen molar-refractivity contribution in [1.29, 1.82) is 0 Å². The van der Waals surface area contributed by atoms with Crippen molar-refractivity contribution in [3.63, 3.8) is 0 Å². The molecule has 98 valence electrons. The van der Waals surface area contributed by atoms with Crippen LogP contribution < -0.4 is 5.32 Å². The monoisotopic (exact) mass is 250 g/mol. The molecule has 5 nitrogen and oxygen atoms in total. The van der Waals surface area contributed by atoms with Crippen LogP contribution in [-0.4, -0.2) is 29.9 Å². The maximum atomic E-state index is 10.9. The molecular formula is C13H18N2O3. The van der Waals surface area contributed by atoms with Crippen LogP contribution >= 0.6 is 0 Å². The minimum Gasteiger partial charge on any atom is -0.396 e. The molecule has 0 saturated heterocycles. The van der Waals surface area contributed by atoms with E-state index in [1.165, 1.54) is 6.92 Å². The van der Waals surface area contributed by atoms with Crippen LogP contribution in [0.3, 0.4) is 0 Å². The van der Waals surface area contributed by atoms with E-state index in [0.717, 1.165) is 17.0 Å². The molecule has 0 atom stereocenters. The number of hydrogen-bond donors (Lipinski definition) is 2. The van der Waals surface area contributed by atoms with E-state index in [1.807, 2.05) is 31.2 Å². The van der Waals surface area contributed by atoms with Gasteiger partial charge in [-0.25, -0.2) is 0 Å². The Morgan fingerprint density at radius 2 is 2.00 bits per heavy atom. The molecule has 0 radical (unpaired) electrons. The van der Waals surface area contributed by atoms with Gasteiger partial charge in [0.25, 0.3) is 0 Å². The lowest BCUT2D eigenvalue weighted by molar-refractivity contribution is -0.114. The first-order chi connectivity index (χ1) is 8.63. The Morgan fingerprint density at radius 1 is 1.33 bits per heavy atom. The SMILES string of the molecule is CC(=O)Nc1ccc(/C(C)=N/OCCCO)cc1. The summed E-state index contributed by atoms with van der Waals surface area (Å²) >= 11 is 0. The number of oxime groups is 1. The predicted molar refractivity (Wildman–Crippen MR) is 70.6 cm³/mol. The Kier molecular flexibility index (Phi) is 5.87. The number of nitrogens with one attached hydrogen (secondary N) is 1. The lowest BCUT2D eigenvalue weighted by Crippen LogP contribution is -2.06. The molecular weight excluding hydrogens is 232 g/mol. The van der Waals surface area contributed by atoms with Crippen LogP contribution in [0.25, 0.3) is 0 Å². The van der Waals surface area contributed by atoms with Crippen LogP contribution in [0.1, 0.15) is 25.8 Å². The number of hydrogen-bond acceptors (Lipinski definition) is 4. The van der Waals surface area contributed by atoms with Crippen LogP contribution in [0.2, 0.25) is 0 Å². The lowest BCUT2D eigenvalue weighted by atomic mass is 10.1. The molecule has 0 saturated carbocycles. The molecule has 2 N–H and O–H groups in total. The van der Waals surface area contributed by atoms with Gasteiger partial charge in [-0.1, -0.05) is 17.3 Å². The van der Waals surface area contributed by atoms with Crippen molar-refractivity contribution in [2.75, 3.05) is 18.5 Å². The zero-order chi connectivity index (χ0) is 13.4. The second-order valence-corrected chi connectivity index (χ2v) is 3.85. The number of carbonyl (C=O) groups excluding carboxylic acids is 1. The van der Waals surface area contributed by atoms with Crippen molar-refractivity contribution in [2.24, 2.45) is 5.16 Å². The van der Waals surface area contributed by atoms with E-state index < -0.39 is 0 Å². The van der Waals surface area contributed by atoms with E-state index >= 15 is 0 Å². The van der Waals surface area contributed by atoms with Gasteiger partial charge in [0.15, 0.2) is 0 Å². The lowest BCUT2D eigenvalue weighted by Gasteiger charge is -2.04. The first-order valence-corrected chi connectivity index (χ1v) is 5.79. The fourth-order valence-electron chi connectivity index (χ4n) is 1.32. The maximum absolute atomic E-state index is 10.9. The average molecular weight is 250 g/mol. The van der Waals surface area contributed by atoms with Crippen molar-refractivity contribution >= 4 is 17.3 Å². The summed E-state index contributed by atoms with van der Waals surface area (Å²) in [7, 11) is 0. The summed E-state index contributed by atoms with van der Waals surface area (Å²) in [6, 6.07) is 7.34. The average Bonchev–Trinajstić information content (AvgIpc) is 2.34. The Morgan fingerprint density at radius 3 is 2.56 bits per heavy atom. The molecule has 0 fully saturated rings. The highest BCUT2D eigenvalue weighted by Crippen LogP contribution is 2.10. The number of nitrogens with zero attached hydrogens (tertiary/aromatic N) is 1.